The van der Waals surface area contributed by atoms with Crippen molar-refractivity contribution in [2.45, 2.75) is 43.5 Å². The predicted octanol–water partition coefficient (Wildman–Crippen LogP) is -0.818. The van der Waals surface area contributed by atoms with E-state index < -0.39 is 58.7 Å². The number of amides is 1. The summed E-state index contributed by atoms with van der Waals surface area (Å²) in [6.45, 7) is 2.47. The van der Waals surface area contributed by atoms with Crippen molar-refractivity contribution in [3.8, 4) is 0 Å². The van der Waals surface area contributed by atoms with Crippen molar-refractivity contribution in [2.24, 2.45) is 0 Å². The highest BCUT2D eigenvalue weighted by atomic mass is 16.6. The lowest BCUT2D eigenvalue weighted by Gasteiger charge is -2.32. The number of carbonyl (C=O) groups excluding carboxylic acids is 4. The third-order valence-corrected chi connectivity index (χ3v) is 5.54. The summed E-state index contributed by atoms with van der Waals surface area (Å²) in [7, 11) is 1.08. The number of rotatable bonds is 7. The Morgan fingerprint density at radius 2 is 1.84 bits per heavy atom. The number of hydrogen-bond acceptors (Lipinski definition) is 9. The molecule has 1 fully saturated rings. The van der Waals surface area contributed by atoms with E-state index in [4.69, 9.17) is 9.47 Å². The molecule has 1 spiro atoms. The van der Waals surface area contributed by atoms with Crippen LogP contribution in [0.1, 0.15) is 24.2 Å². The number of benzene rings is 1. The molecule has 2 heterocycles. The maximum atomic E-state index is 13.1. The molecular formula is C22H23NO9. The van der Waals surface area contributed by atoms with Crippen molar-refractivity contribution in [1.29, 1.82) is 0 Å². The van der Waals surface area contributed by atoms with Crippen molar-refractivity contribution in [1.82, 2.24) is 5.32 Å². The molecule has 1 aromatic rings. The molecule has 0 aliphatic carbocycles. The highest BCUT2D eigenvalue weighted by Crippen LogP contribution is 2.44. The zero-order chi connectivity index (χ0) is 23.8. The molecule has 10 heteroatoms. The first-order valence-corrected chi connectivity index (χ1v) is 9.68. The Hall–Kier alpha value is -3.18. The fourth-order valence-corrected chi connectivity index (χ4v) is 3.77. The van der Waals surface area contributed by atoms with Crippen LogP contribution in [0.5, 0.6) is 0 Å². The van der Waals surface area contributed by atoms with Gasteiger partial charge in [0.25, 0.3) is 11.5 Å². The Morgan fingerprint density at radius 3 is 2.41 bits per heavy atom. The molecule has 0 saturated carbocycles. The minimum Gasteiger partial charge on any atom is -0.467 e. The second-order valence-electron chi connectivity index (χ2n) is 7.55. The summed E-state index contributed by atoms with van der Waals surface area (Å²) in [6.07, 6.45) is -3.59. The lowest BCUT2D eigenvalue weighted by Crippen LogP contribution is -2.60. The molecule has 1 amide bonds. The highest BCUT2D eigenvalue weighted by molar-refractivity contribution is 6.23. The third kappa shape index (κ3) is 3.37. The van der Waals surface area contributed by atoms with Gasteiger partial charge in [-0.3, -0.25) is 19.2 Å². The second kappa shape index (κ2) is 8.40. The lowest BCUT2D eigenvalue weighted by atomic mass is 9.85. The summed E-state index contributed by atoms with van der Waals surface area (Å²) in [5.74, 6) is -3.82. The van der Waals surface area contributed by atoms with Gasteiger partial charge >= 0.3 is 0 Å². The number of ether oxygens (including phenoxy) is 2. The van der Waals surface area contributed by atoms with Gasteiger partial charge in [0.1, 0.15) is 18.0 Å². The first kappa shape index (κ1) is 23.5. The van der Waals surface area contributed by atoms with Gasteiger partial charge in [0.15, 0.2) is 11.9 Å². The maximum Gasteiger partial charge on any atom is 0.278 e. The Kier molecular flexibility index (Phi) is 6.16. The normalized spacial score (nSPS) is 29.4. The minimum atomic E-state index is -2.61. The molecule has 170 valence electrons. The van der Waals surface area contributed by atoms with E-state index in [1.165, 1.54) is 26.0 Å². The van der Waals surface area contributed by atoms with E-state index >= 15 is 0 Å². The zero-order valence-electron chi connectivity index (χ0n) is 17.6. The van der Waals surface area contributed by atoms with Crippen LogP contribution in [0.25, 0.3) is 0 Å². The molecule has 0 bridgehead atoms. The summed E-state index contributed by atoms with van der Waals surface area (Å²) in [4.78, 5) is 50.3. The molecule has 5 atom stereocenters. The fraction of sp³-hybridized carbons (Fsp3) is 0.364. The number of methoxy groups -OCH3 is 1. The molecule has 1 saturated heterocycles. The average molecular weight is 445 g/mol. The Morgan fingerprint density at radius 1 is 1.22 bits per heavy atom. The molecule has 3 unspecified atom stereocenters. The Labute approximate surface area is 183 Å². The van der Waals surface area contributed by atoms with E-state index in [0.717, 1.165) is 19.3 Å². The fourth-order valence-electron chi connectivity index (χ4n) is 3.77. The van der Waals surface area contributed by atoms with Crippen LogP contribution in [0.15, 0.2) is 53.8 Å². The molecule has 2 aliphatic heterocycles. The number of ketones is 3. The number of carbonyl (C=O) groups is 4. The van der Waals surface area contributed by atoms with Crippen LogP contribution in [0.3, 0.4) is 0 Å². The van der Waals surface area contributed by atoms with Crippen LogP contribution < -0.4 is 5.32 Å². The van der Waals surface area contributed by atoms with E-state index in [1.54, 1.807) is 18.2 Å². The van der Waals surface area contributed by atoms with Gasteiger partial charge in [0.05, 0.1) is 0 Å². The van der Waals surface area contributed by atoms with Gasteiger partial charge in [-0.1, -0.05) is 30.3 Å². The van der Waals surface area contributed by atoms with E-state index in [0.29, 0.717) is 0 Å². The largest absolute Gasteiger partial charge is 0.467 e. The molecule has 10 nitrogen and oxygen atoms in total. The molecule has 1 aromatic carbocycles. The van der Waals surface area contributed by atoms with Crippen LogP contribution in [0.4, 0.5) is 0 Å². The molecule has 3 rings (SSSR count). The van der Waals surface area contributed by atoms with Crippen molar-refractivity contribution in [3.05, 3.63) is 59.4 Å². The average Bonchev–Trinajstić information content (AvgIpc) is 3.18. The first-order valence-electron chi connectivity index (χ1n) is 9.68. The lowest BCUT2D eigenvalue weighted by molar-refractivity contribution is -0.163. The topological polar surface area (TPSA) is 159 Å². The van der Waals surface area contributed by atoms with Crippen LogP contribution in [-0.2, 0) is 23.9 Å². The number of aliphatic hydroxyl groups excluding tert-OH is 3. The number of aliphatic hydroxyl groups is 3. The summed E-state index contributed by atoms with van der Waals surface area (Å²) in [5, 5.41) is 33.9. The molecule has 0 aromatic heterocycles. The molecular weight excluding hydrogens is 422 g/mol. The van der Waals surface area contributed by atoms with Crippen molar-refractivity contribution in [2.75, 3.05) is 7.11 Å². The standard InChI is InChI=1S/C22H23NO9/c1-11(24)9-10-14(25)15(26)16-12(2)17(27)21(32-16)19(29)22(31-3,23-20(21)30)18(28)13-7-5-4-6-8-13/h4-10,14-15,19,25-26,29H,1-3H3,(H,23,30)/b10-9+/t14-,15-,19?,21?,22?/m0/s1. The van der Waals surface area contributed by atoms with E-state index in [1.807, 2.05) is 0 Å². The zero-order valence-corrected chi connectivity index (χ0v) is 17.6. The van der Waals surface area contributed by atoms with Gasteiger partial charge in [-0.25, -0.2) is 0 Å². The third-order valence-electron chi connectivity index (χ3n) is 5.54. The summed E-state index contributed by atoms with van der Waals surface area (Å²) >= 11 is 0. The van der Waals surface area contributed by atoms with Crippen molar-refractivity contribution < 1.29 is 44.0 Å². The molecule has 4 N–H and O–H groups in total. The van der Waals surface area contributed by atoms with Crippen molar-refractivity contribution >= 4 is 23.3 Å². The molecule has 2 aliphatic rings. The predicted molar refractivity (Wildman–Crippen MR) is 108 cm³/mol. The number of hydrogen-bond donors (Lipinski definition) is 4. The van der Waals surface area contributed by atoms with Gasteiger partial charge in [-0.2, -0.15) is 0 Å². The van der Waals surface area contributed by atoms with Gasteiger partial charge in [-0.05, 0) is 26.0 Å². The SMILES string of the molecule is COC1(C(=O)c2ccccc2)NC(=O)C2(OC([C@@H](O)[C@@H](O)/C=C/C(C)=O)=C(C)C2=O)C1O. The Balaban J connectivity index is 1.98. The highest BCUT2D eigenvalue weighted by Gasteiger charge is 2.74. The molecule has 0 radical (unpaired) electrons. The number of allylic oxidation sites excluding steroid dienone is 1. The molecule has 32 heavy (non-hydrogen) atoms. The van der Waals surface area contributed by atoms with Gasteiger partial charge in [0, 0.05) is 18.2 Å². The number of nitrogens with one attached hydrogen (secondary N) is 1. The summed E-state index contributed by atoms with van der Waals surface area (Å²) in [6, 6.07) is 7.70. The van der Waals surface area contributed by atoms with Crippen LogP contribution >= 0.6 is 0 Å². The van der Waals surface area contributed by atoms with Crippen LogP contribution in [0.2, 0.25) is 0 Å². The second-order valence-corrected chi connectivity index (χ2v) is 7.55. The van der Waals surface area contributed by atoms with Gasteiger partial charge in [-0.15, -0.1) is 0 Å². The monoisotopic (exact) mass is 445 g/mol. The maximum absolute atomic E-state index is 13.1. The van der Waals surface area contributed by atoms with Gasteiger partial charge in [0.2, 0.25) is 17.3 Å². The quantitative estimate of drug-likeness (QED) is 0.239. The smallest absolute Gasteiger partial charge is 0.278 e. The Bertz CT molecular complexity index is 1030. The van der Waals surface area contributed by atoms with Crippen LogP contribution in [-0.4, -0.2) is 75.3 Å². The van der Waals surface area contributed by atoms with Crippen molar-refractivity contribution in [3.63, 3.8) is 0 Å². The number of Topliss-reactive ketones (excluding diaryl/α,β-unsaturated/α-hetero) is 2. The van der Waals surface area contributed by atoms with E-state index in [-0.39, 0.29) is 11.1 Å². The van der Waals surface area contributed by atoms with E-state index in [9.17, 15) is 34.5 Å². The van der Waals surface area contributed by atoms with E-state index in [2.05, 4.69) is 5.32 Å². The first-order chi connectivity index (χ1) is 15.0. The summed E-state index contributed by atoms with van der Waals surface area (Å²) in [5.41, 5.74) is -5.07. The van der Waals surface area contributed by atoms with Crippen LogP contribution in [0, 0.1) is 0 Å². The van der Waals surface area contributed by atoms with Gasteiger partial charge < -0.3 is 30.1 Å². The summed E-state index contributed by atoms with van der Waals surface area (Å²) < 4.78 is 10.7. The minimum absolute atomic E-state index is 0.103.